The number of hydrogen-bond acceptors (Lipinski definition) is 5. The molecule has 2 N–H and O–H groups in total. The number of aromatic nitrogens is 1. The maximum atomic E-state index is 13.1. The average Bonchev–Trinajstić information content (AvgIpc) is 3.19. The number of allylic oxidation sites excluding steroid dienone is 1. The number of ether oxygens (including phenoxy) is 1. The summed E-state index contributed by atoms with van der Waals surface area (Å²) in [6, 6.07) is 14.5. The molecule has 1 heterocycles. The molecule has 3 aromatic rings. The zero-order valence-electron chi connectivity index (χ0n) is 18.1. The van der Waals surface area contributed by atoms with Crippen LogP contribution in [0.3, 0.4) is 0 Å². The van der Waals surface area contributed by atoms with Crippen LogP contribution in [-0.2, 0) is 16.0 Å². The van der Waals surface area contributed by atoms with Crippen molar-refractivity contribution in [2.24, 2.45) is 0 Å². The Labute approximate surface area is 186 Å². The topological polar surface area (TPSA) is 88.5 Å². The highest BCUT2D eigenvalue weighted by Gasteiger charge is 2.27. The van der Waals surface area contributed by atoms with E-state index in [2.05, 4.69) is 5.32 Å². The van der Waals surface area contributed by atoms with E-state index in [1.165, 1.54) is 0 Å². The number of benzene rings is 2. The van der Waals surface area contributed by atoms with Crippen molar-refractivity contribution >= 4 is 34.4 Å². The van der Waals surface area contributed by atoms with Gasteiger partial charge in [0.2, 0.25) is 0 Å². The molecule has 1 aliphatic carbocycles. The van der Waals surface area contributed by atoms with Gasteiger partial charge in [0.1, 0.15) is 5.75 Å². The summed E-state index contributed by atoms with van der Waals surface area (Å²) < 4.78 is 5.39. The summed E-state index contributed by atoms with van der Waals surface area (Å²) in [7, 11) is 0. The van der Waals surface area contributed by atoms with Gasteiger partial charge >= 0.3 is 5.97 Å². The second-order valence-corrected chi connectivity index (χ2v) is 7.87. The molecular formula is C26H26N2O4. The number of pyridine rings is 1. The summed E-state index contributed by atoms with van der Waals surface area (Å²) in [5.41, 5.74) is 4.82. The maximum Gasteiger partial charge on any atom is 0.339 e. The Kier molecular flexibility index (Phi) is 6.50. The van der Waals surface area contributed by atoms with Gasteiger partial charge in [0.25, 0.3) is 5.91 Å². The lowest BCUT2D eigenvalue weighted by Gasteiger charge is -2.12. The molecule has 1 amide bonds. The Morgan fingerprint density at radius 2 is 1.91 bits per heavy atom. The molecule has 0 unspecified atom stereocenters. The number of phenolic OH excluding ortho intramolecular Hbond substituents is 1. The fourth-order valence-electron chi connectivity index (χ4n) is 3.94. The number of hydrogen-bond donors (Lipinski definition) is 2. The van der Waals surface area contributed by atoms with Gasteiger partial charge in [0.05, 0.1) is 16.8 Å². The van der Waals surface area contributed by atoms with E-state index in [9.17, 15) is 14.7 Å². The lowest BCUT2D eigenvalue weighted by atomic mass is 10.0. The molecule has 164 valence electrons. The first-order valence-corrected chi connectivity index (χ1v) is 10.9. The number of carbonyl (C=O) groups is 2. The SMILES string of the molecule is CCCCNC(=O)COC(=O)c1c2c(nc3ccccc13)/C(=C\c1ccc(O)cc1)CC2. The smallest absolute Gasteiger partial charge is 0.339 e. The summed E-state index contributed by atoms with van der Waals surface area (Å²) in [4.78, 5) is 29.9. The summed E-state index contributed by atoms with van der Waals surface area (Å²) in [6.07, 6.45) is 5.32. The lowest BCUT2D eigenvalue weighted by molar-refractivity contribution is -0.124. The number of nitrogens with zero attached hydrogens (tertiary/aromatic N) is 1. The van der Waals surface area contributed by atoms with E-state index in [1.54, 1.807) is 12.1 Å². The van der Waals surface area contributed by atoms with E-state index in [-0.39, 0.29) is 18.3 Å². The van der Waals surface area contributed by atoms with Crippen LogP contribution in [0.5, 0.6) is 5.75 Å². The molecule has 32 heavy (non-hydrogen) atoms. The Hall–Kier alpha value is -3.67. The predicted molar refractivity (Wildman–Crippen MR) is 124 cm³/mol. The first kappa shape index (κ1) is 21.6. The standard InChI is InChI=1S/C26H26N2O4/c1-2-3-14-27-23(30)16-32-26(31)24-20-6-4-5-7-22(20)28-25-18(10-13-21(24)25)15-17-8-11-19(29)12-9-17/h4-9,11-12,15,29H,2-3,10,13-14,16H2,1H3,(H,27,30)/b18-15-. The minimum absolute atomic E-state index is 0.215. The van der Waals surface area contributed by atoms with Gasteiger partial charge in [-0.15, -0.1) is 0 Å². The molecular weight excluding hydrogens is 404 g/mol. The highest BCUT2D eigenvalue weighted by Crippen LogP contribution is 2.37. The van der Waals surface area contributed by atoms with Crippen molar-refractivity contribution < 1.29 is 19.4 Å². The number of phenols is 1. The quantitative estimate of drug-likeness (QED) is 0.426. The fraction of sp³-hybridized carbons (Fsp3) is 0.269. The number of carbonyl (C=O) groups excluding carboxylic acids is 2. The van der Waals surface area contributed by atoms with Crippen molar-refractivity contribution in [2.75, 3.05) is 13.2 Å². The molecule has 0 fully saturated rings. The van der Waals surface area contributed by atoms with E-state index in [0.717, 1.165) is 47.0 Å². The molecule has 0 saturated carbocycles. The summed E-state index contributed by atoms with van der Waals surface area (Å²) >= 11 is 0. The number of rotatable bonds is 7. The number of esters is 1. The fourth-order valence-corrected chi connectivity index (χ4v) is 3.94. The van der Waals surface area contributed by atoms with Crippen LogP contribution in [0.2, 0.25) is 0 Å². The van der Waals surface area contributed by atoms with E-state index in [0.29, 0.717) is 24.0 Å². The Balaban J connectivity index is 1.65. The van der Waals surface area contributed by atoms with Crippen molar-refractivity contribution in [3.63, 3.8) is 0 Å². The molecule has 0 aliphatic heterocycles. The third-order valence-corrected chi connectivity index (χ3v) is 5.57. The maximum absolute atomic E-state index is 13.1. The van der Waals surface area contributed by atoms with Gasteiger partial charge in [-0.05, 0) is 60.2 Å². The minimum atomic E-state index is -0.503. The number of fused-ring (bicyclic) bond motifs is 2. The first-order valence-electron chi connectivity index (χ1n) is 10.9. The monoisotopic (exact) mass is 430 g/mol. The van der Waals surface area contributed by atoms with Gasteiger partial charge in [-0.1, -0.05) is 43.7 Å². The lowest BCUT2D eigenvalue weighted by Crippen LogP contribution is -2.29. The van der Waals surface area contributed by atoms with Crippen molar-refractivity contribution in [3.05, 3.63) is 70.9 Å². The Bertz CT molecular complexity index is 1180. The van der Waals surface area contributed by atoms with Gasteiger partial charge in [0.15, 0.2) is 6.61 Å². The van der Waals surface area contributed by atoms with E-state index in [1.807, 2.05) is 49.4 Å². The molecule has 0 radical (unpaired) electrons. The Morgan fingerprint density at radius 1 is 1.12 bits per heavy atom. The third kappa shape index (κ3) is 4.64. The van der Waals surface area contributed by atoms with Crippen LogP contribution >= 0.6 is 0 Å². The molecule has 0 bridgehead atoms. The number of nitrogens with one attached hydrogen (secondary N) is 1. The third-order valence-electron chi connectivity index (χ3n) is 5.57. The van der Waals surface area contributed by atoms with Gasteiger partial charge in [-0.25, -0.2) is 9.78 Å². The molecule has 1 aliphatic rings. The molecule has 0 saturated heterocycles. The van der Waals surface area contributed by atoms with Crippen molar-refractivity contribution in [1.82, 2.24) is 10.3 Å². The van der Waals surface area contributed by atoms with Gasteiger partial charge in [-0.2, -0.15) is 0 Å². The summed E-state index contributed by atoms with van der Waals surface area (Å²) in [5.74, 6) is -0.585. The van der Waals surface area contributed by atoms with E-state index < -0.39 is 5.97 Å². The zero-order chi connectivity index (χ0) is 22.5. The number of aromatic hydroxyl groups is 1. The highest BCUT2D eigenvalue weighted by atomic mass is 16.5. The van der Waals surface area contributed by atoms with Crippen LogP contribution in [0.1, 0.15) is 53.4 Å². The molecule has 1 aromatic heterocycles. The summed E-state index contributed by atoms with van der Waals surface area (Å²) in [6.45, 7) is 2.32. The van der Waals surface area contributed by atoms with Crippen molar-refractivity contribution in [3.8, 4) is 5.75 Å². The van der Waals surface area contributed by atoms with Crippen LogP contribution < -0.4 is 5.32 Å². The van der Waals surface area contributed by atoms with Gasteiger partial charge < -0.3 is 15.2 Å². The molecule has 6 nitrogen and oxygen atoms in total. The number of unbranched alkanes of at least 4 members (excludes halogenated alkanes) is 1. The van der Waals surface area contributed by atoms with Crippen LogP contribution in [-0.4, -0.2) is 35.1 Å². The van der Waals surface area contributed by atoms with Gasteiger partial charge in [-0.3, -0.25) is 4.79 Å². The normalized spacial score (nSPS) is 13.8. The highest BCUT2D eigenvalue weighted by molar-refractivity contribution is 6.07. The molecule has 0 spiro atoms. The first-order chi connectivity index (χ1) is 15.6. The average molecular weight is 431 g/mol. The van der Waals surface area contributed by atoms with Crippen LogP contribution in [0, 0.1) is 0 Å². The van der Waals surface area contributed by atoms with Crippen molar-refractivity contribution in [2.45, 2.75) is 32.6 Å². The number of para-hydroxylation sites is 1. The largest absolute Gasteiger partial charge is 0.508 e. The predicted octanol–water partition coefficient (Wildman–Crippen LogP) is 4.50. The molecule has 0 atom stereocenters. The van der Waals surface area contributed by atoms with E-state index in [4.69, 9.17) is 9.72 Å². The number of amides is 1. The zero-order valence-corrected chi connectivity index (χ0v) is 18.1. The summed E-state index contributed by atoms with van der Waals surface area (Å²) in [5, 5.41) is 13.0. The van der Waals surface area contributed by atoms with Crippen LogP contribution in [0.15, 0.2) is 48.5 Å². The van der Waals surface area contributed by atoms with Crippen molar-refractivity contribution in [1.29, 1.82) is 0 Å². The van der Waals surface area contributed by atoms with E-state index >= 15 is 0 Å². The Morgan fingerprint density at radius 3 is 2.69 bits per heavy atom. The van der Waals surface area contributed by atoms with Gasteiger partial charge in [0, 0.05) is 11.9 Å². The minimum Gasteiger partial charge on any atom is -0.508 e. The molecule has 2 aromatic carbocycles. The molecule has 6 heteroatoms. The second-order valence-electron chi connectivity index (χ2n) is 7.87. The second kappa shape index (κ2) is 9.64. The molecule has 4 rings (SSSR count). The van der Waals surface area contributed by atoms with Crippen LogP contribution in [0.4, 0.5) is 0 Å². The van der Waals surface area contributed by atoms with Crippen LogP contribution in [0.25, 0.3) is 22.6 Å².